The Balaban J connectivity index is 1.65. The van der Waals surface area contributed by atoms with Gasteiger partial charge in [-0.05, 0) is 50.6 Å². The van der Waals surface area contributed by atoms with Gasteiger partial charge in [-0.3, -0.25) is 34.0 Å². The van der Waals surface area contributed by atoms with Gasteiger partial charge in [0.15, 0.2) is 34.7 Å². The van der Waals surface area contributed by atoms with Crippen LogP contribution in [0, 0.1) is 23.7 Å². The van der Waals surface area contributed by atoms with Gasteiger partial charge in [-0.2, -0.15) is 5.10 Å². The molecule has 2 fully saturated rings. The second-order valence-electron chi connectivity index (χ2n) is 9.87. The van der Waals surface area contributed by atoms with Gasteiger partial charge >= 0.3 is 0 Å². The Morgan fingerprint density at radius 1 is 1.25 bits per heavy atom. The van der Waals surface area contributed by atoms with Crippen molar-refractivity contribution in [2.45, 2.75) is 24.5 Å². The summed E-state index contributed by atoms with van der Waals surface area (Å²) in [5, 5.41) is 29.1. The molecule has 12 heteroatoms. The zero-order valence-electron chi connectivity index (χ0n) is 19.3. The normalized spacial score (nSPS) is 31.8. The maximum Gasteiger partial charge on any atom is 0.235 e. The van der Waals surface area contributed by atoms with Crippen molar-refractivity contribution in [1.29, 1.82) is 0 Å². The van der Waals surface area contributed by atoms with Crippen LogP contribution in [0.2, 0.25) is 5.02 Å². The molecule has 0 aliphatic heterocycles. The molecule has 5 N–H and O–H groups in total. The van der Waals surface area contributed by atoms with Gasteiger partial charge in [0.2, 0.25) is 5.91 Å². The number of primary amides is 1. The number of nitrogens with two attached hydrogens (primary N) is 1. The van der Waals surface area contributed by atoms with Gasteiger partial charge in [-0.15, -0.1) is 0 Å². The average molecular weight is 515 g/mol. The highest BCUT2D eigenvalue weighted by Gasteiger charge is 2.69. The fourth-order valence-electron chi connectivity index (χ4n) is 6.25. The molecule has 2 saturated carbocycles. The number of amides is 1. The standard InChI is InChI=1S/C24H23ClN4O7/c1-29(2)18-11-6-8-5-10-15(13(30)7-9(17(10)25)12-3-4-27-28-12)19(31)14(8)21(33)24(11,36)22(34)16(20(18)32)23(26)35/h3-4,7-8,11,14,16,18,30,36H,5-6H2,1-2H3,(H2,26,35)(H,27,28). The van der Waals surface area contributed by atoms with E-state index in [4.69, 9.17) is 17.3 Å². The van der Waals surface area contributed by atoms with Crippen molar-refractivity contribution in [2.24, 2.45) is 29.4 Å². The number of H-pyrrole nitrogens is 1. The van der Waals surface area contributed by atoms with Crippen LogP contribution in [-0.2, 0) is 25.6 Å². The molecule has 2 aromatic rings. The Hall–Kier alpha value is -3.41. The number of aromatic nitrogens is 2. The van der Waals surface area contributed by atoms with Gasteiger partial charge < -0.3 is 15.9 Å². The molecule has 1 aromatic carbocycles. The number of Topliss-reactive ketones (excluding diaryl/α,β-unsaturated/α-hetero) is 4. The summed E-state index contributed by atoms with van der Waals surface area (Å²) >= 11 is 6.65. The van der Waals surface area contributed by atoms with E-state index >= 15 is 0 Å². The van der Waals surface area contributed by atoms with Gasteiger partial charge in [0.1, 0.15) is 5.75 Å². The number of rotatable bonds is 3. The molecule has 3 aliphatic rings. The van der Waals surface area contributed by atoms with Crippen LogP contribution in [0.1, 0.15) is 22.3 Å². The van der Waals surface area contributed by atoms with E-state index < -0.39 is 70.1 Å². The van der Waals surface area contributed by atoms with Crippen LogP contribution in [0.25, 0.3) is 11.3 Å². The lowest BCUT2D eigenvalue weighted by Crippen LogP contribution is -2.74. The number of halogens is 1. The van der Waals surface area contributed by atoms with Crippen molar-refractivity contribution in [3.63, 3.8) is 0 Å². The third-order valence-electron chi connectivity index (χ3n) is 7.79. The number of ketones is 4. The third kappa shape index (κ3) is 3.06. The van der Waals surface area contributed by atoms with E-state index in [-0.39, 0.29) is 23.4 Å². The molecule has 6 atom stereocenters. The number of aromatic amines is 1. The number of phenols is 1. The fraction of sp³-hybridized carbons (Fsp3) is 0.417. The molecule has 6 unspecified atom stereocenters. The van der Waals surface area contributed by atoms with E-state index in [2.05, 4.69) is 10.2 Å². The first-order chi connectivity index (χ1) is 16.9. The molecule has 5 rings (SSSR count). The van der Waals surface area contributed by atoms with E-state index in [9.17, 15) is 34.2 Å². The SMILES string of the molecule is CN(C)C1C(=O)C(C(N)=O)C(=O)C2(O)C(=O)C3C(=O)c4c(O)cc(-c5ccn[nH]5)c(Cl)c4CC3CC12. The Morgan fingerprint density at radius 3 is 2.53 bits per heavy atom. The molecule has 188 valence electrons. The summed E-state index contributed by atoms with van der Waals surface area (Å²) < 4.78 is 0. The molecular formula is C24H23ClN4O7. The summed E-state index contributed by atoms with van der Waals surface area (Å²) in [6.45, 7) is 0. The van der Waals surface area contributed by atoms with Crippen molar-refractivity contribution < 1.29 is 34.2 Å². The van der Waals surface area contributed by atoms with Crippen LogP contribution in [0.4, 0.5) is 0 Å². The van der Waals surface area contributed by atoms with Crippen molar-refractivity contribution in [1.82, 2.24) is 15.1 Å². The van der Waals surface area contributed by atoms with Crippen molar-refractivity contribution in [2.75, 3.05) is 14.1 Å². The Kier molecular flexibility index (Phi) is 5.43. The summed E-state index contributed by atoms with van der Waals surface area (Å²) in [6.07, 6.45) is 1.54. The van der Waals surface area contributed by atoms with E-state index in [1.54, 1.807) is 6.07 Å². The number of aliphatic hydroxyl groups is 1. The molecule has 3 aliphatic carbocycles. The number of hydrogen-bond acceptors (Lipinski definition) is 9. The number of benzene rings is 1. The topological polar surface area (TPSA) is 184 Å². The van der Waals surface area contributed by atoms with Crippen LogP contribution in [0.5, 0.6) is 5.75 Å². The van der Waals surface area contributed by atoms with Gasteiger partial charge in [0, 0.05) is 17.7 Å². The molecule has 1 aromatic heterocycles. The first-order valence-electron chi connectivity index (χ1n) is 11.3. The number of nitrogens with zero attached hydrogens (tertiary/aromatic N) is 2. The van der Waals surface area contributed by atoms with Crippen molar-refractivity contribution in [3.05, 3.63) is 34.5 Å². The quantitative estimate of drug-likeness (QED) is 0.406. The Labute approximate surface area is 209 Å². The highest BCUT2D eigenvalue weighted by molar-refractivity contribution is 6.36. The second-order valence-corrected chi connectivity index (χ2v) is 10.2. The van der Waals surface area contributed by atoms with Crippen LogP contribution >= 0.6 is 11.6 Å². The van der Waals surface area contributed by atoms with E-state index in [1.807, 2.05) is 0 Å². The van der Waals surface area contributed by atoms with E-state index in [0.717, 1.165) is 0 Å². The summed E-state index contributed by atoms with van der Waals surface area (Å²) in [4.78, 5) is 67.1. The van der Waals surface area contributed by atoms with Gasteiger partial charge in [0.25, 0.3) is 0 Å². The highest BCUT2D eigenvalue weighted by atomic mass is 35.5. The zero-order chi connectivity index (χ0) is 26.3. The molecule has 1 amide bonds. The lowest BCUT2D eigenvalue weighted by Gasteiger charge is -2.52. The predicted octanol–water partition coefficient (Wildman–Crippen LogP) is -0.0895. The molecular weight excluding hydrogens is 492 g/mol. The molecule has 0 spiro atoms. The smallest absolute Gasteiger partial charge is 0.235 e. The molecule has 1 heterocycles. The molecule has 0 bridgehead atoms. The maximum absolute atomic E-state index is 13.7. The Morgan fingerprint density at radius 2 is 1.94 bits per heavy atom. The minimum atomic E-state index is -2.76. The molecule has 36 heavy (non-hydrogen) atoms. The average Bonchev–Trinajstić information content (AvgIpc) is 3.32. The van der Waals surface area contributed by atoms with Crippen LogP contribution < -0.4 is 5.73 Å². The first kappa shape index (κ1) is 24.3. The number of nitrogens with one attached hydrogen (secondary N) is 1. The number of carbonyl (C=O) groups excluding carboxylic acids is 5. The third-order valence-corrected chi connectivity index (χ3v) is 8.22. The van der Waals surface area contributed by atoms with Gasteiger partial charge in [0.05, 0.1) is 28.2 Å². The molecule has 0 radical (unpaired) electrons. The van der Waals surface area contributed by atoms with E-state index in [1.165, 1.54) is 31.3 Å². The van der Waals surface area contributed by atoms with E-state index in [0.29, 0.717) is 16.8 Å². The highest BCUT2D eigenvalue weighted by Crippen LogP contribution is 2.52. The summed E-state index contributed by atoms with van der Waals surface area (Å²) in [6, 6.07) is 1.76. The first-order valence-corrected chi connectivity index (χ1v) is 11.7. The number of likely N-dealkylation sites (N-methyl/N-ethyl adjacent to an activating group) is 1. The minimum absolute atomic E-state index is 0.0464. The van der Waals surface area contributed by atoms with Crippen LogP contribution in [-0.4, -0.2) is 80.1 Å². The summed E-state index contributed by atoms with van der Waals surface area (Å²) in [7, 11) is 3.06. The molecule has 0 saturated heterocycles. The van der Waals surface area contributed by atoms with Crippen LogP contribution in [0.15, 0.2) is 18.3 Å². The zero-order valence-corrected chi connectivity index (χ0v) is 20.1. The van der Waals surface area contributed by atoms with Gasteiger partial charge in [-0.25, -0.2) is 0 Å². The maximum atomic E-state index is 13.7. The summed E-state index contributed by atoms with van der Waals surface area (Å²) in [5.74, 6) is -11.0. The monoisotopic (exact) mass is 514 g/mol. The fourth-order valence-corrected chi connectivity index (χ4v) is 6.58. The van der Waals surface area contributed by atoms with Gasteiger partial charge in [-0.1, -0.05) is 11.6 Å². The number of carbonyl (C=O) groups is 5. The summed E-state index contributed by atoms with van der Waals surface area (Å²) in [5.41, 5.74) is 3.64. The number of phenolic OH excluding ortho intramolecular Hbond substituents is 1. The number of fused-ring (bicyclic) bond motifs is 3. The van der Waals surface area contributed by atoms with Crippen LogP contribution in [0.3, 0.4) is 0 Å². The lowest BCUT2D eigenvalue weighted by molar-refractivity contribution is -0.181. The Bertz CT molecular complexity index is 1350. The lowest BCUT2D eigenvalue weighted by atomic mass is 9.52. The number of aromatic hydroxyl groups is 1. The minimum Gasteiger partial charge on any atom is -0.507 e. The van der Waals surface area contributed by atoms with Crippen molar-refractivity contribution >= 4 is 40.6 Å². The molecule has 11 nitrogen and oxygen atoms in total. The largest absolute Gasteiger partial charge is 0.507 e. The number of hydrogen-bond donors (Lipinski definition) is 4. The predicted molar refractivity (Wildman–Crippen MR) is 124 cm³/mol. The second kappa shape index (κ2) is 8.05. The van der Waals surface area contributed by atoms with Crippen molar-refractivity contribution in [3.8, 4) is 17.0 Å².